The zero-order chi connectivity index (χ0) is 30.9. The monoisotopic (exact) mass is 646 g/mol. The van der Waals surface area contributed by atoms with E-state index in [4.69, 9.17) is 34.8 Å². The van der Waals surface area contributed by atoms with Gasteiger partial charge in [-0.25, -0.2) is 4.68 Å². The van der Waals surface area contributed by atoms with Crippen LogP contribution in [0.15, 0.2) is 59.4 Å². The Balaban J connectivity index is 1.58. The van der Waals surface area contributed by atoms with Crippen molar-refractivity contribution in [2.75, 3.05) is 5.01 Å². The van der Waals surface area contributed by atoms with Gasteiger partial charge in [0.1, 0.15) is 5.69 Å². The number of nitrogens with zero attached hydrogens (tertiary/aromatic N) is 3. The third kappa shape index (κ3) is 7.99. The number of amides is 1. The van der Waals surface area contributed by atoms with Gasteiger partial charge in [-0.05, 0) is 37.1 Å². The van der Waals surface area contributed by atoms with Gasteiger partial charge in [-0.1, -0.05) is 118 Å². The van der Waals surface area contributed by atoms with Crippen molar-refractivity contribution in [2.24, 2.45) is 0 Å². The standard InChI is InChI=1S/C32H37Cl3N4O4/c1-2-3-4-5-6-7-8-9-10-12-17-23-18-29(41)39(32(23)43)38(31(42)22-15-13-11-14-16-22)27-21-28(40)37(36-27)30-25(34)19-24(33)20-26(30)35/h11,13-16,18-21,36,41,43H,2-10,12,17H2,1H3. The SMILES string of the molecule is CCCCCCCCCCCCc1cc(O)n(N(C(=O)c2ccccc2)c2cc(=O)n(-c3c(Cl)cc(Cl)cc3Cl)[nH]2)c1O. The zero-order valence-electron chi connectivity index (χ0n) is 24.2. The Morgan fingerprint density at radius 1 is 0.837 bits per heavy atom. The summed E-state index contributed by atoms with van der Waals surface area (Å²) in [7, 11) is 0. The number of rotatable bonds is 15. The molecule has 0 aliphatic rings. The summed E-state index contributed by atoms with van der Waals surface area (Å²) in [5, 5.41) is 26.6. The van der Waals surface area contributed by atoms with E-state index in [1.165, 1.54) is 63.1 Å². The molecule has 8 nitrogen and oxygen atoms in total. The molecule has 0 aliphatic carbocycles. The van der Waals surface area contributed by atoms with Gasteiger partial charge in [0.15, 0.2) is 5.82 Å². The van der Waals surface area contributed by atoms with Crippen LogP contribution in [0.25, 0.3) is 5.69 Å². The number of carbonyl (C=O) groups excluding carboxylic acids is 1. The molecule has 1 amide bonds. The number of aromatic amines is 1. The van der Waals surface area contributed by atoms with Crippen LogP contribution in [-0.4, -0.2) is 30.6 Å². The molecule has 0 unspecified atom stereocenters. The first-order valence-corrected chi connectivity index (χ1v) is 15.9. The minimum atomic E-state index is -0.603. The summed E-state index contributed by atoms with van der Waals surface area (Å²) in [4.78, 5) is 26.9. The number of hydrogen-bond acceptors (Lipinski definition) is 4. The third-order valence-corrected chi connectivity index (χ3v) is 8.16. The molecule has 2 aromatic heterocycles. The van der Waals surface area contributed by atoms with E-state index in [0.717, 1.165) is 39.7 Å². The van der Waals surface area contributed by atoms with E-state index < -0.39 is 11.5 Å². The van der Waals surface area contributed by atoms with Crippen LogP contribution < -0.4 is 10.6 Å². The first kappa shape index (κ1) is 32.6. The number of nitrogens with one attached hydrogen (secondary N) is 1. The number of anilines is 1. The van der Waals surface area contributed by atoms with Crippen LogP contribution in [0.4, 0.5) is 5.82 Å². The van der Waals surface area contributed by atoms with Crippen molar-refractivity contribution in [3.63, 3.8) is 0 Å². The summed E-state index contributed by atoms with van der Waals surface area (Å²) in [6.07, 6.45) is 12.3. The van der Waals surface area contributed by atoms with Gasteiger partial charge < -0.3 is 10.2 Å². The number of aryl methyl sites for hydroxylation is 1. The summed E-state index contributed by atoms with van der Waals surface area (Å²) >= 11 is 18.8. The second-order valence-corrected chi connectivity index (χ2v) is 11.9. The van der Waals surface area contributed by atoms with Gasteiger partial charge in [0.2, 0.25) is 11.8 Å². The molecule has 0 saturated heterocycles. The van der Waals surface area contributed by atoms with Crippen molar-refractivity contribution in [3.05, 3.63) is 91.1 Å². The number of carbonyl (C=O) groups is 1. The van der Waals surface area contributed by atoms with Gasteiger partial charge >= 0.3 is 0 Å². The average Bonchev–Trinajstić information content (AvgIpc) is 3.48. The molecule has 43 heavy (non-hydrogen) atoms. The molecule has 0 fully saturated rings. The van der Waals surface area contributed by atoms with E-state index >= 15 is 0 Å². The predicted octanol–water partition coefficient (Wildman–Crippen LogP) is 8.91. The van der Waals surface area contributed by atoms with E-state index in [1.54, 1.807) is 30.3 Å². The number of H-pyrrole nitrogens is 1. The average molecular weight is 648 g/mol. The van der Waals surface area contributed by atoms with Crippen LogP contribution in [-0.2, 0) is 6.42 Å². The van der Waals surface area contributed by atoms with Crippen molar-refractivity contribution < 1.29 is 15.0 Å². The van der Waals surface area contributed by atoms with Crippen molar-refractivity contribution in [1.29, 1.82) is 0 Å². The summed E-state index contributed by atoms with van der Waals surface area (Å²) < 4.78 is 2.06. The lowest BCUT2D eigenvalue weighted by Crippen LogP contribution is -2.36. The van der Waals surface area contributed by atoms with Crippen molar-refractivity contribution >= 4 is 46.5 Å². The van der Waals surface area contributed by atoms with Gasteiger partial charge in [-0.2, -0.15) is 9.69 Å². The Labute approximate surface area is 266 Å². The number of benzene rings is 2. The van der Waals surface area contributed by atoms with E-state index in [2.05, 4.69) is 12.0 Å². The fraction of sp³-hybridized carbons (Fsp3) is 0.375. The molecular formula is C32H37Cl3N4O4. The second kappa shape index (κ2) is 15.4. The number of unbranched alkanes of at least 4 members (excludes halogenated alkanes) is 9. The van der Waals surface area contributed by atoms with Gasteiger partial charge in [-0.3, -0.25) is 14.7 Å². The molecule has 0 radical (unpaired) electrons. The maximum Gasteiger partial charge on any atom is 0.279 e. The minimum Gasteiger partial charge on any atom is -0.493 e. The maximum atomic E-state index is 13.8. The van der Waals surface area contributed by atoms with Crippen LogP contribution in [0.3, 0.4) is 0 Å². The molecule has 2 aromatic carbocycles. The summed E-state index contributed by atoms with van der Waals surface area (Å²) in [5.41, 5.74) is 0.318. The van der Waals surface area contributed by atoms with Crippen LogP contribution in [0.5, 0.6) is 11.8 Å². The summed E-state index contributed by atoms with van der Waals surface area (Å²) in [6, 6.07) is 13.8. The molecule has 0 bridgehead atoms. The lowest BCUT2D eigenvalue weighted by molar-refractivity contribution is 0.0968. The molecule has 0 saturated carbocycles. The fourth-order valence-electron chi connectivity index (χ4n) is 5.13. The molecule has 4 rings (SSSR count). The summed E-state index contributed by atoms with van der Waals surface area (Å²) in [5.74, 6) is -1.30. The molecule has 2 heterocycles. The van der Waals surface area contributed by atoms with Crippen molar-refractivity contribution in [3.8, 4) is 17.4 Å². The molecule has 230 valence electrons. The number of aromatic hydroxyl groups is 2. The quantitative estimate of drug-likeness (QED) is 0.112. The van der Waals surface area contributed by atoms with E-state index in [0.29, 0.717) is 12.0 Å². The molecule has 3 N–H and O–H groups in total. The predicted molar refractivity (Wildman–Crippen MR) is 173 cm³/mol. The molecule has 0 atom stereocenters. The Bertz CT molecular complexity index is 1560. The van der Waals surface area contributed by atoms with E-state index in [9.17, 15) is 19.8 Å². The highest BCUT2D eigenvalue weighted by Crippen LogP contribution is 2.34. The first-order chi connectivity index (χ1) is 20.7. The third-order valence-electron chi connectivity index (χ3n) is 7.36. The normalized spacial score (nSPS) is 11.3. The highest BCUT2D eigenvalue weighted by Gasteiger charge is 2.29. The number of halogens is 3. The van der Waals surface area contributed by atoms with Crippen LogP contribution in [0.1, 0.15) is 87.1 Å². The molecule has 0 spiro atoms. The number of hydrogen-bond donors (Lipinski definition) is 3. The Morgan fingerprint density at radius 2 is 1.42 bits per heavy atom. The topological polar surface area (TPSA) is 103 Å². The van der Waals surface area contributed by atoms with Crippen molar-refractivity contribution in [2.45, 2.75) is 77.6 Å². The molecule has 11 heteroatoms. The summed E-state index contributed by atoms with van der Waals surface area (Å²) in [6.45, 7) is 2.22. The largest absolute Gasteiger partial charge is 0.493 e. The lowest BCUT2D eigenvalue weighted by Gasteiger charge is -2.23. The molecular weight excluding hydrogens is 611 g/mol. The fourth-order valence-corrected chi connectivity index (χ4v) is 6.11. The number of aromatic nitrogens is 3. The minimum absolute atomic E-state index is 0.0346. The van der Waals surface area contributed by atoms with Crippen molar-refractivity contribution in [1.82, 2.24) is 14.5 Å². The molecule has 4 aromatic rings. The van der Waals surface area contributed by atoms with Crippen LogP contribution >= 0.6 is 34.8 Å². The highest BCUT2D eigenvalue weighted by molar-refractivity contribution is 6.40. The van der Waals surface area contributed by atoms with Crippen LogP contribution in [0.2, 0.25) is 15.1 Å². The smallest absolute Gasteiger partial charge is 0.279 e. The zero-order valence-corrected chi connectivity index (χ0v) is 26.4. The van der Waals surface area contributed by atoms with Gasteiger partial charge in [0, 0.05) is 28.3 Å². The second-order valence-electron chi connectivity index (χ2n) is 10.6. The first-order valence-electron chi connectivity index (χ1n) is 14.7. The van der Waals surface area contributed by atoms with E-state index in [1.807, 2.05) is 0 Å². The van der Waals surface area contributed by atoms with Gasteiger partial charge in [0.05, 0.1) is 10.0 Å². The maximum absolute atomic E-state index is 13.8. The van der Waals surface area contributed by atoms with E-state index in [-0.39, 0.29) is 43.9 Å². The highest BCUT2D eigenvalue weighted by atomic mass is 35.5. The Kier molecular flexibility index (Phi) is 11.7. The Hall–Kier alpha value is -3.33. The van der Waals surface area contributed by atoms with Crippen LogP contribution in [0, 0.1) is 0 Å². The Morgan fingerprint density at radius 3 is 2.02 bits per heavy atom. The lowest BCUT2D eigenvalue weighted by atomic mass is 10.0. The van der Waals surface area contributed by atoms with Gasteiger partial charge in [0.25, 0.3) is 11.5 Å². The molecule has 0 aliphatic heterocycles. The van der Waals surface area contributed by atoms with Gasteiger partial charge in [-0.15, -0.1) is 0 Å².